The van der Waals surface area contributed by atoms with Crippen LogP contribution in [0.3, 0.4) is 0 Å². The molecule has 1 aromatic carbocycles. The smallest absolute Gasteiger partial charge is 0.340 e. The van der Waals surface area contributed by atoms with Gasteiger partial charge >= 0.3 is 29.8 Å². The summed E-state index contributed by atoms with van der Waals surface area (Å²) in [6.07, 6.45) is 1.91. The Bertz CT molecular complexity index is 1780. The highest BCUT2D eigenvalue weighted by molar-refractivity contribution is 5.90. The Morgan fingerprint density at radius 2 is 1.60 bits per heavy atom. The van der Waals surface area contributed by atoms with Crippen LogP contribution in [-0.4, -0.2) is 77.1 Å². The first kappa shape index (κ1) is 36.9. The first-order valence-corrected chi connectivity index (χ1v) is 17.6. The molecule has 2 heterocycles. The van der Waals surface area contributed by atoms with Crippen molar-refractivity contribution in [3.63, 3.8) is 0 Å². The third-order valence-corrected chi connectivity index (χ3v) is 11.3. The minimum absolute atomic E-state index is 0.0422. The topological polar surface area (TPSA) is 154 Å². The van der Waals surface area contributed by atoms with Crippen LogP contribution in [0.1, 0.15) is 75.1 Å². The van der Waals surface area contributed by atoms with Crippen LogP contribution in [0.5, 0.6) is 0 Å². The molecule has 52 heavy (non-hydrogen) atoms. The summed E-state index contributed by atoms with van der Waals surface area (Å²) in [6.45, 7) is 13.8. The molecule has 0 radical (unpaired) electrons. The van der Waals surface area contributed by atoms with E-state index in [1.807, 2.05) is 19.9 Å². The molecule has 12 heteroatoms. The lowest BCUT2D eigenvalue weighted by Gasteiger charge is -2.51. The van der Waals surface area contributed by atoms with Gasteiger partial charge in [0.25, 0.3) is 0 Å². The predicted molar refractivity (Wildman–Crippen MR) is 184 cm³/mol. The van der Waals surface area contributed by atoms with Crippen LogP contribution in [0.15, 0.2) is 79.2 Å². The molecular weight excluding hydrogens is 670 g/mol. The minimum Gasteiger partial charge on any atom is -0.461 e. The Balaban J connectivity index is 1.66. The highest BCUT2D eigenvalue weighted by Gasteiger charge is 2.82. The summed E-state index contributed by atoms with van der Waals surface area (Å²) in [4.78, 5) is 71.8. The summed E-state index contributed by atoms with van der Waals surface area (Å²) in [7, 11) is 0. The quantitative estimate of drug-likeness (QED) is 0.190. The lowest BCUT2D eigenvalue weighted by Crippen LogP contribution is -2.64. The van der Waals surface area contributed by atoms with E-state index in [0.717, 1.165) is 0 Å². The van der Waals surface area contributed by atoms with E-state index >= 15 is 0 Å². The van der Waals surface area contributed by atoms with Gasteiger partial charge in [0, 0.05) is 44.5 Å². The second-order valence-corrected chi connectivity index (χ2v) is 14.6. The molecule has 3 fully saturated rings. The van der Waals surface area contributed by atoms with Crippen molar-refractivity contribution >= 4 is 29.8 Å². The van der Waals surface area contributed by atoms with Gasteiger partial charge in [0.15, 0.2) is 11.7 Å². The molecule has 4 aliphatic rings. The van der Waals surface area contributed by atoms with Gasteiger partial charge in [0.2, 0.25) is 0 Å². The van der Waals surface area contributed by atoms with Gasteiger partial charge in [0.05, 0.1) is 29.1 Å². The summed E-state index contributed by atoms with van der Waals surface area (Å²) >= 11 is 0. The number of fused-ring (bicyclic) bond motifs is 1. The maximum Gasteiger partial charge on any atom is 0.340 e. The summed E-state index contributed by atoms with van der Waals surface area (Å²) in [5.41, 5.74) is -3.50. The number of pyridine rings is 1. The monoisotopic (exact) mass is 715 g/mol. The summed E-state index contributed by atoms with van der Waals surface area (Å²) < 4.78 is 38.8. The number of aromatic nitrogens is 1. The van der Waals surface area contributed by atoms with Crippen molar-refractivity contribution in [3.8, 4) is 0 Å². The third kappa shape index (κ3) is 6.00. The van der Waals surface area contributed by atoms with Crippen molar-refractivity contribution in [1.82, 2.24) is 4.98 Å². The Morgan fingerprint density at radius 3 is 2.21 bits per heavy atom. The number of carbonyl (C=O) groups excluding carboxylic acids is 5. The van der Waals surface area contributed by atoms with E-state index in [1.54, 1.807) is 62.4 Å². The van der Waals surface area contributed by atoms with Crippen LogP contribution in [0.25, 0.3) is 0 Å². The second-order valence-electron chi connectivity index (χ2n) is 14.6. The maximum atomic E-state index is 14.1. The zero-order valence-corrected chi connectivity index (χ0v) is 30.2. The van der Waals surface area contributed by atoms with Gasteiger partial charge in [-0.1, -0.05) is 50.3 Å². The molecule has 3 aliphatic carbocycles. The number of nitrogens with zero attached hydrogens (tertiary/aromatic N) is 1. The van der Waals surface area contributed by atoms with Crippen LogP contribution in [-0.2, 0) is 42.8 Å². The van der Waals surface area contributed by atoms with Crippen molar-refractivity contribution in [2.75, 3.05) is 6.61 Å². The fourth-order valence-electron chi connectivity index (χ4n) is 9.48. The van der Waals surface area contributed by atoms with Crippen molar-refractivity contribution in [1.29, 1.82) is 0 Å². The third-order valence-electron chi connectivity index (χ3n) is 11.3. The number of allylic oxidation sites excluding steroid dienone is 2. The Kier molecular flexibility index (Phi) is 9.91. The van der Waals surface area contributed by atoms with Crippen molar-refractivity contribution < 1.29 is 52.4 Å². The fourth-order valence-corrected chi connectivity index (χ4v) is 9.48. The molecule has 12 nitrogen and oxygen atoms in total. The molecule has 2 saturated carbocycles. The van der Waals surface area contributed by atoms with Crippen LogP contribution >= 0.6 is 0 Å². The average Bonchev–Trinajstić information content (AvgIpc) is 3.56. The van der Waals surface area contributed by atoms with Gasteiger partial charge in [-0.05, 0) is 56.5 Å². The van der Waals surface area contributed by atoms with E-state index < -0.39 is 94.6 Å². The largest absolute Gasteiger partial charge is 0.461 e. The molecule has 6 rings (SSSR count). The Morgan fingerprint density at radius 1 is 0.904 bits per heavy atom. The Hall–Kier alpha value is -4.84. The molecule has 0 amide bonds. The average molecular weight is 716 g/mol. The molecular formula is C40H45NO11. The first-order chi connectivity index (χ1) is 24.7. The van der Waals surface area contributed by atoms with Gasteiger partial charge in [-0.2, -0.15) is 0 Å². The lowest BCUT2D eigenvalue weighted by molar-refractivity contribution is -0.238. The number of rotatable bonds is 9. The molecule has 276 valence electrons. The summed E-state index contributed by atoms with van der Waals surface area (Å²) in [5, 5.41) is 0. The van der Waals surface area contributed by atoms with Gasteiger partial charge in [-0.3, -0.25) is 19.4 Å². The fraction of sp³-hybridized carbons (Fsp3) is 0.500. The SMILES string of the molecule is C=C(C)[C@H]1C=C[C@@H](OC(=O)c2ccccc2)[C@@]23CO[C@@](C)([C@H](OC(=O)c4cccnc4)[C@@]4(OC(C)=O)C[C@H](C)[C@H](OC(=O)CC)[C@@H]4[C@H]2OC(C)=O)[C@H]13. The second kappa shape index (κ2) is 13.9. The molecule has 2 aromatic rings. The van der Waals surface area contributed by atoms with Crippen LogP contribution in [0.2, 0.25) is 0 Å². The normalized spacial score (nSPS) is 35.6. The number of hydrogen-bond donors (Lipinski definition) is 0. The number of benzene rings is 1. The van der Waals surface area contributed by atoms with Crippen molar-refractivity contribution in [3.05, 3.63) is 90.3 Å². The summed E-state index contributed by atoms with van der Waals surface area (Å²) in [6, 6.07) is 11.6. The summed E-state index contributed by atoms with van der Waals surface area (Å²) in [5.74, 6) is -6.13. The zero-order valence-electron chi connectivity index (χ0n) is 30.2. The minimum atomic E-state index is -1.77. The molecule has 1 aliphatic heterocycles. The first-order valence-electron chi connectivity index (χ1n) is 17.6. The number of hydrogen-bond acceptors (Lipinski definition) is 12. The standard InChI is InChI=1S/C40H45NO11/c1-8-30(44)50-32-23(4)19-40(52-25(6)43)31(32)34(48-24(5)42)39-21-47-38(7,37(40)51-36(46)27-15-12-18-41-20-27)33(39)28(22(2)3)16-17-29(39)49-35(45)26-13-10-9-11-14-26/h9-18,20,23,28-29,31-34,37H,2,8,19,21H2,1,3-7H3/t23-,28+,29+,31+,32-,33-,34+,37-,38+,39+,40+/m0/s1. The van der Waals surface area contributed by atoms with E-state index in [1.165, 1.54) is 26.2 Å². The molecule has 0 N–H and O–H groups in total. The molecule has 1 aromatic heterocycles. The molecule has 11 atom stereocenters. The van der Waals surface area contributed by atoms with Gasteiger partial charge in [0.1, 0.15) is 23.9 Å². The molecule has 2 bridgehead atoms. The molecule has 0 unspecified atom stereocenters. The Labute approximate surface area is 302 Å². The number of ether oxygens (including phenoxy) is 6. The maximum absolute atomic E-state index is 14.1. The van der Waals surface area contributed by atoms with Gasteiger partial charge < -0.3 is 28.4 Å². The number of esters is 5. The van der Waals surface area contributed by atoms with Crippen LogP contribution < -0.4 is 0 Å². The van der Waals surface area contributed by atoms with E-state index in [-0.39, 0.29) is 25.0 Å². The molecule has 1 saturated heterocycles. The highest BCUT2D eigenvalue weighted by atomic mass is 16.6. The van der Waals surface area contributed by atoms with Crippen LogP contribution in [0, 0.1) is 29.1 Å². The van der Waals surface area contributed by atoms with E-state index in [2.05, 4.69) is 11.6 Å². The lowest BCUT2D eigenvalue weighted by atomic mass is 9.55. The van der Waals surface area contributed by atoms with Gasteiger partial charge in [-0.25, -0.2) is 9.59 Å². The van der Waals surface area contributed by atoms with E-state index in [9.17, 15) is 24.0 Å². The van der Waals surface area contributed by atoms with Gasteiger partial charge in [-0.15, -0.1) is 0 Å². The highest BCUT2D eigenvalue weighted by Crippen LogP contribution is 2.68. The van der Waals surface area contributed by atoms with E-state index in [0.29, 0.717) is 11.1 Å². The van der Waals surface area contributed by atoms with Crippen LogP contribution in [0.4, 0.5) is 0 Å². The van der Waals surface area contributed by atoms with Crippen molar-refractivity contribution in [2.24, 2.45) is 29.1 Å². The molecule has 0 spiro atoms. The van der Waals surface area contributed by atoms with E-state index in [4.69, 9.17) is 28.4 Å². The zero-order chi connectivity index (χ0) is 37.6. The predicted octanol–water partition coefficient (Wildman–Crippen LogP) is 5.21. The number of carbonyl (C=O) groups is 5. The van der Waals surface area contributed by atoms with Crippen molar-refractivity contribution in [2.45, 2.75) is 90.0 Å².